The smallest absolute Gasteiger partial charge is 0.411 e. The summed E-state index contributed by atoms with van der Waals surface area (Å²) >= 11 is 6.29. The molecule has 0 spiro atoms. The van der Waals surface area contributed by atoms with E-state index in [1.807, 2.05) is 36.4 Å². The fourth-order valence-electron chi connectivity index (χ4n) is 4.47. The van der Waals surface area contributed by atoms with Crippen molar-refractivity contribution in [2.24, 2.45) is 5.41 Å². The number of ether oxygens (including phenoxy) is 1. The molecule has 35 heavy (non-hydrogen) atoms. The third-order valence-electron chi connectivity index (χ3n) is 6.71. The monoisotopic (exact) mass is 490 g/mol. The Morgan fingerprint density at radius 2 is 1.60 bits per heavy atom. The molecular weight excluding hydrogens is 468 g/mol. The molecule has 1 fully saturated rings. The van der Waals surface area contributed by atoms with Gasteiger partial charge in [-0.1, -0.05) is 60.1 Å². The molecule has 2 aliphatic rings. The van der Waals surface area contributed by atoms with E-state index in [1.54, 1.807) is 0 Å². The molecule has 0 saturated heterocycles. The molecule has 0 heterocycles. The van der Waals surface area contributed by atoms with E-state index in [9.17, 15) is 19.5 Å². The summed E-state index contributed by atoms with van der Waals surface area (Å²) < 4.78 is 5.54. The molecule has 5 rings (SSSR count). The van der Waals surface area contributed by atoms with Crippen LogP contribution in [-0.4, -0.2) is 36.2 Å². The minimum absolute atomic E-state index is 0.0599. The summed E-state index contributed by atoms with van der Waals surface area (Å²) in [4.78, 5) is 36.2. The van der Waals surface area contributed by atoms with Crippen molar-refractivity contribution in [2.45, 2.75) is 18.8 Å². The summed E-state index contributed by atoms with van der Waals surface area (Å²) in [6.45, 7) is 0.238. The minimum atomic E-state index is -0.904. The van der Waals surface area contributed by atoms with Gasteiger partial charge in [0, 0.05) is 18.0 Å². The standard InChI is InChI=1S/C27H23ClN2O5/c28-22-13-16(24(31)29-15-27(11-12-27)25(32)33)9-10-23(22)30-26(34)35-14-21-19-7-3-1-5-17(19)18-6-2-4-8-20(18)21/h1-10,13,21H,11-12,14-15H2,(H,29,31)(H,30,34)(H,32,33). The van der Waals surface area contributed by atoms with E-state index < -0.39 is 23.4 Å². The maximum absolute atomic E-state index is 12.5. The first-order valence-electron chi connectivity index (χ1n) is 11.3. The van der Waals surface area contributed by atoms with Crippen LogP contribution in [0.25, 0.3) is 11.1 Å². The number of benzene rings is 3. The first-order valence-corrected chi connectivity index (χ1v) is 11.7. The van der Waals surface area contributed by atoms with Gasteiger partial charge in [-0.15, -0.1) is 0 Å². The average Bonchev–Trinajstić information content (AvgIpc) is 3.59. The maximum Gasteiger partial charge on any atom is 0.411 e. The van der Waals surface area contributed by atoms with Gasteiger partial charge in [0.25, 0.3) is 5.91 Å². The zero-order valence-corrected chi connectivity index (χ0v) is 19.5. The van der Waals surface area contributed by atoms with Crippen LogP contribution in [0.2, 0.25) is 5.02 Å². The zero-order chi connectivity index (χ0) is 24.6. The van der Waals surface area contributed by atoms with Gasteiger partial charge in [-0.25, -0.2) is 4.79 Å². The zero-order valence-electron chi connectivity index (χ0n) is 18.7. The number of nitrogens with one attached hydrogen (secondary N) is 2. The lowest BCUT2D eigenvalue weighted by atomic mass is 9.98. The predicted molar refractivity (Wildman–Crippen MR) is 132 cm³/mol. The van der Waals surface area contributed by atoms with Crippen molar-refractivity contribution in [3.05, 3.63) is 88.4 Å². The summed E-state index contributed by atoms with van der Waals surface area (Å²) in [6, 6.07) is 20.6. The highest BCUT2D eigenvalue weighted by atomic mass is 35.5. The van der Waals surface area contributed by atoms with E-state index in [4.69, 9.17) is 16.3 Å². The Balaban J connectivity index is 1.20. The van der Waals surface area contributed by atoms with Crippen molar-refractivity contribution in [1.82, 2.24) is 5.32 Å². The molecule has 8 heteroatoms. The third kappa shape index (κ3) is 4.47. The summed E-state index contributed by atoms with van der Waals surface area (Å²) in [5.41, 5.74) is 4.25. The molecule has 1 saturated carbocycles. The van der Waals surface area contributed by atoms with Crippen molar-refractivity contribution >= 4 is 35.3 Å². The Labute approximate surface area is 207 Å². The Kier molecular flexibility index (Phi) is 5.94. The van der Waals surface area contributed by atoms with Crippen molar-refractivity contribution in [3.8, 4) is 11.1 Å². The van der Waals surface area contributed by atoms with E-state index in [0.29, 0.717) is 18.5 Å². The molecule has 0 atom stereocenters. The van der Waals surface area contributed by atoms with Gasteiger partial charge in [-0.05, 0) is 53.3 Å². The molecule has 7 nitrogen and oxygen atoms in total. The number of anilines is 1. The highest BCUT2D eigenvalue weighted by Gasteiger charge is 2.50. The van der Waals surface area contributed by atoms with Crippen LogP contribution in [0.15, 0.2) is 66.7 Å². The first kappa shape index (κ1) is 22.9. The third-order valence-corrected chi connectivity index (χ3v) is 7.02. The van der Waals surface area contributed by atoms with Gasteiger partial charge in [-0.3, -0.25) is 14.9 Å². The molecule has 3 aromatic rings. The number of carboxylic acid groups (broad SMARTS) is 1. The average molecular weight is 491 g/mol. The molecule has 0 bridgehead atoms. The summed E-state index contributed by atoms with van der Waals surface area (Å²) in [7, 11) is 0. The van der Waals surface area contributed by atoms with Gasteiger partial charge in [-0.2, -0.15) is 0 Å². The van der Waals surface area contributed by atoms with E-state index in [0.717, 1.165) is 22.3 Å². The van der Waals surface area contributed by atoms with Crippen molar-refractivity contribution in [3.63, 3.8) is 0 Å². The molecule has 0 radical (unpaired) electrons. The van der Waals surface area contributed by atoms with Crippen LogP contribution in [0.5, 0.6) is 0 Å². The molecule has 3 N–H and O–H groups in total. The predicted octanol–water partition coefficient (Wildman–Crippen LogP) is 5.30. The number of fused-ring (bicyclic) bond motifs is 3. The molecule has 3 aromatic carbocycles. The lowest BCUT2D eigenvalue weighted by Gasteiger charge is -2.15. The Morgan fingerprint density at radius 3 is 2.17 bits per heavy atom. The Hall–Kier alpha value is -3.84. The number of carbonyl (C=O) groups excluding carboxylic acids is 2. The molecule has 0 aromatic heterocycles. The molecule has 0 aliphatic heterocycles. The SMILES string of the molecule is O=C(Nc1ccc(C(=O)NCC2(C(=O)O)CC2)cc1Cl)OCC1c2ccccc2-c2ccccc21. The van der Waals surface area contributed by atoms with Gasteiger partial charge >= 0.3 is 12.1 Å². The number of carbonyl (C=O) groups is 3. The van der Waals surface area contributed by atoms with Crippen molar-refractivity contribution in [2.75, 3.05) is 18.5 Å². The van der Waals surface area contributed by atoms with E-state index in [1.165, 1.54) is 18.2 Å². The molecule has 178 valence electrons. The quantitative estimate of drug-likeness (QED) is 0.417. The van der Waals surface area contributed by atoms with E-state index in [2.05, 4.69) is 22.8 Å². The first-order chi connectivity index (χ1) is 16.9. The number of rotatable bonds is 7. The van der Waals surface area contributed by atoms with Crippen LogP contribution in [0.4, 0.5) is 10.5 Å². The Morgan fingerprint density at radius 1 is 0.971 bits per heavy atom. The highest BCUT2D eigenvalue weighted by Crippen LogP contribution is 2.45. The summed E-state index contributed by atoms with van der Waals surface area (Å²) in [5, 5.41) is 14.7. The highest BCUT2D eigenvalue weighted by molar-refractivity contribution is 6.34. The number of amides is 2. The van der Waals surface area contributed by atoms with Crippen LogP contribution in [0.1, 0.15) is 40.2 Å². The van der Waals surface area contributed by atoms with Gasteiger partial charge in [0.15, 0.2) is 0 Å². The van der Waals surface area contributed by atoms with Crippen LogP contribution < -0.4 is 10.6 Å². The number of halogens is 1. The lowest BCUT2D eigenvalue weighted by molar-refractivity contribution is -0.143. The fraction of sp³-hybridized carbons (Fsp3) is 0.222. The van der Waals surface area contributed by atoms with Gasteiger partial charge < -0.3 is 15.2 Å². The topological polar surface area (TPSA) is 105 Å². The second-order valence-corrected chi connectivity index (χ2v) is 9.32. The summed E-state index contributed by atoms with van der Waals surface area (Å²) in [6.07, 6.45) is 0.446. The van der Waals surface area contributed by atoms with Gasteiger partial charge in [0.2, 0.25) is 0 Å². The fourth-order valence-corrected chi connectivity index (χ4v) is 4.70. The normalized spacial score (nSPS) is 15.0. The molecular formula is C27H23ClN2O5. The van der Waals surface area contributed by atoms with Gasteiger partial charge in [0.1, 0.15) is 6.61 Å². The van der Waals surface area contributed by atoms with Crippen LogP contribution in [-0.2, 0) is 9.53 Å². The lowest BCUT2D eigenvalue weighted by Crippen LogP contribution is -2.34. The molecule has 0 unspecified atom stereocenters. The second kappa shape index (κ2) is 9.07. The Bertz CT molecular complexity index is 1290. The van der Waals surface area contributed by atoms with Crippen LogP contribution in [0.3, 0.4) is 0 Å². The van der Waals surface area contributed by atoms with Gasteiger partial charge in [0.05, 0.1) is 16.1 Å². The number of aliphatic carboxylic acids is 1. The number of hydrogen-bond donors (Lipinski definition) is 3. The van der Waals surface area contributed by atoms with E-state index in [-0.39, 0.29) is 29.7 Å². The van der Waals surface area contributed by atoms with E-state index >= 15 is 0 Å². The second-order valence-electron chi connectivity index (χ2n) is 8.91. The molecule has 2 amide bonds. The number of carboxylic acids is 1. The van der Waals surface area contributed by atoms with Crippen LogP contribution in [0, 0.1) is 5.41 Å². The van der Waals surface area contributed by atoms with Crippen molar-refractivity contribution in [1.29, 1.82) is 0 Å². The summed E-state index contributed by atoms with van der Waals surface area (Å²) in [5.74, 6) is -1.39. The molecule has 2 aliphatic carbocycles. The largest absolute Gasteiger partial charge is 0.481 e. The van der Waals surface area contributed by atoms with Crippen molar-refractivity contribution < 1.29 is 24.2 Å². The van der Waals surface area contributed by atoms with Crippen LogP contribution >= 0.6 is 11.6 Å². The maximum atomic E-state index is 12.5. The number of hydrogen-bond acceptors (Lipinski definition) is 4. The minimum Gasteiger partial charge on any atom is -0.481 e.